The molecule has 0 saturated carbocycles. The normalized spacial score (nSPS) is 20.9. The number of likely N-dealkylation sites (N-methyl/N-ethyl adjacent to an activating group) is 1. The molecule has 0 aliphatic carbocycles. The predicted molar refractivity (Wildman–Crippen MR) is 119 cm³/mol. The number of aliphatic hydroxyl groups is 1. The molecule has 0 unspecified atom stereocenters. The number of halogens is 1. The molecule has 4 atom stereocenters. The predicted octanol–water partition coefficient (Wildman–Crippen LogP) is 1.59. The lowest BCUT2D eigenvalue weighted by molar-refractivity contribution is -0.140. The first-order valence-corrected chi connectivity index (χ1v) is 10.7. The van der Waals surface area contributed by atoms with Crippen LogP contribution in [-0.4, -0.2) is 70.4 Å². The molecule has 1 aliphatic heterocycles. The molecule has 9 heteroatoms. The van der Waals surface area contributed by atoms with Crippen molar-refractivity contribution in [2.24, 2.45) is 5.41 Å². The third kappa shape index (κ3) is 4.68. The molecule has 4 N–H and O–H groups in total. The van der Waals surface area contributed by atoms with Crippen LogP contribution in [0.3, 0.4) is 0 Å². The Balaban J connectivity index is 1.91. The summed E-state index contributed by atoms with van der Waals surface area (Å²) in [5, 5.41) is 16.5. The molecule has 3 rings (SSSR count). The quantitative estimate of drug-likeness (QED) is 0.503. The molecule has 1 aromatic heterocycles. The van der Waals surface area contributed by atoms with Gasteiger partial charge in [0.1, 0.15) is 11.9 Å². The van der Waals surface area contributed by atoms with Crippen LogP contribution >= 0.6 is 0 Å². The molecule has 8 nitrogen and oxygen atoms in total. The van der Waals surface area contributed by atoms with E-state index < -0.39 is 41.4 Å². The summed E-state index contributed by atoms with van der Waals surface area (Å²) in [7, 11) is 1.65. The average Bonchev–Trinajstić information content (AvgIpc) is 3.32. The van der Waals surface area contributed by atoms with Gasteiger partial charge in [-0.05, 0) is 37.6 Å². The summed E-state index contributed by atoms with van der Waals surface area (Å²) in [6, 6.07) is 1.82. The van der Waals surface area contributed by atoms with Crippen LogP contribution in [0.1, 0.15) is 44.5 Å². The van der Waals surface area contributed by atoms with Crippen LogP contribution in [0.2, 0.25) is 0 Å². The number of aliphatic hydroxyl groups excluding tert-OH is 1. The fourth-order valence-corrected chi connectivity index (χ4v) is 4.00. The van der Waals surface area contributed by atoms with Crippen molar-refractivity contribution in [3.8, 4) is 0 Å². The van der Waals surface area contributed by atoms with Crippen molar-refractivity contribution in [2.45, 2.75) is 58.3 Å². The minimum Gasteiger partial charge on any atom is -0.391 e. The summed E-state index contributed by atoms with van der Waals surface area (Å²) in [6.45, 7) is 7.17. The van der Waals surface area contributed by atoms with E-state index in [2.05, 4.69) is 15.6 Å². The van der Waals surface area contributed by atoms with Gasteiger partial charge in [-0.15, -0.1) is 0 Å². The van der Waals surface area contributed by atoms with Crippen LogP contribution < -0.4 is 10.6 Å². The smallest absolute Gasteiger partial charge is 0.246 e. The number of Topliss-reactive ketones (excluding diaryl/α,β-unsaturated/α-hetero) is 1. The van der Waals surface area contributed by atoms with Crippen LogP contribution in [-0.2, 0) is 9.59 Å². The highest BCUT2D eigenvalue weighted by atomic mass is 19.1. The third-order valence-electron chi connectivity index (χ3n) is 6.00. The fraction of sp³-hybridized carbons (Fsp3) is 0.522. The molecule has 1 aromatic carbocycles. The van der Waals surface area contributed by atoms with Gasteiger partial charge in [0.25, 0.3) is 0 Å². The number of benzene rings is 1. The van der Waals surface area contributed by atoms with Crippen molar-refractivity contribution in [3.05, 3.63) is 35.8 Å². The first-order chi connectivity index (χ1) is 14.9. The lowest BCUT2D eigenvalue weighted by Gasteiger charge is -2.35. The van der Waals surface area contributed by atoms with Crippen LogP contribution in [0.4, 0.5) is 4.39 Å². The Labute approximate surface area is 186 Å². The van der Waals surface area contributed by atoms with E-state index in [9.17, 15) is 23.9 Å². The minimum atomic E-state index is -0.886. The molecule has 174 valence electrons. The Bertz CT molecular complexity index is 1030. The van der Waals surface area contributed by atoms with Crippen LogP contribution in [0.15, 0.2) is 24.4 Å². The van der Waals surface area contributed by atoms with Crippen molar-refractivity contribution in [1.29, 1.82) is 0 Å². The van der Waals surface area contributed by atoms with Gasteiger partial charge in [-0.25, -0.2) is 4.39 Å². The summed E-state index contributed by atoms with van der Waals surface area (Å²) < 4.78 is 13.5. The van der Waals surface area contributed by atoms with Gasteiger partial charge in [0.05, 0.1) is 18.2 Å². The van der Waals surface area contributed by atoms with E-state index >= 15 is 0 Å². The number of aromatic nitrogens is 1. The first kappa shape index (κ1) is 23.9. The Morgan fingerprint density at radius 3 is 2.59 bits per heavy atom. The number of nitrogens with one attached hydrogen (secondary N) is 3. The molecule has 2 heterocycles. The Kier molecular flexibility index (Phi) is 6.71. The zero-order valence-electron chi connectivity index (χ0n) is 19.0. The van der Waals surface area contributed by atoms with Gasteiger partial charge in [-0.3, -0.25) is 14.4 Å². The molecule has 0 spiro atoms. The van der Waals surface area contributed by atoms with Gasteiger partial charge in [-0.1, -0.05) is 20.8 Å². The van der Waals surface area contributed by atoms with E-state index in [0.717, 1.165) is 0 Å². The number of H-pyrrole nitrogens is 1. The second kappa shape index (κ2) is 8.99. The van der Waals surface area contributed by atoms with Gasteiger partial charge in [0, 0.05) is 35.6 Å². The maximum absolute atomic E-state index is 13.5. The second-order valence-corrected chi connectivity index (χ2v) is 9.47. The van der Waals surface area contributed by atoms with E-state index in [0.29, 0.717) is 16.5 Å². The average molecular weight is 447 g/mol. The molecule has 1 fully saturated rings. The van der Waals surface area contributed by atoms with Crippen LogP contribution in [0.25, 0.3) is 10.9 Å². The summed E-state index contributed by atoms with van der Waals surface area (Å²) in [5.41, 5.74) is 0.183. The molecule has 32 heavy (non-hydrogen) atoms. The van der Waals surface area contributed by atoms with Crippen molar-refractivity contribution in [1.82, 2.24) is 20.5 Å². The topological polar surface area (TPSA) is 115 Å². The maximum Gasteiger partial charge on any atom is 0.246 e. The summed E-state index contributed by atoms with van der Waals surface area (Å²) in [5.74, 6) is -1.52. The zero-order chi connectivity index (χ0) is 23.8. The van der Waals surface area contributed by atoms with Crippen molar-refractivity contribution < 1.29 is 23.9 Å². The number of hydrogen-bond donors (Lipinski definition) is 4. The summed E-state index contributed by atoms with van der Waals surface area (Å²) in [4.78, 5) is 43.7. The molecule has 0 bridgehead atoms. The lowest BCUT2D eigenvalue weighted by atomic mass is 9.85. The van der Waals surface area contributed by atoms with Gasteiger partial charge in [0.2, 0.25) is 11.8 Å². The number of ketones is 1. The SMILES string of the molecule is CN[C@@H](C)C(=O)N[C@H](C(=O)N1C[C@@H](O)C[C@H]1C(=O)c1c[nH]c2cc(F)ccc12)C(C)(C)C. The number of nitrogens with zero attached hydrogens (tertiary/aromatic N) is 1. The number of hydrogen-bond acceptors (Lipinski definition) is 5. The largest absolute Gasteiger partial charge is 0.391 e. The summed E-state index contributed by atoms with van der Waals surface area (Å²) >= 11 is 0. The number of fused-ring (bicyclic) bond motifs is 1. The summed E-state index contributed by atoms with van der Waals surface area (Å²) in [6.07, 6.45) is 0.733. The number of carbonyl (C=O) groups excluding carboxylic acids is 3. The van der Waals surface area contributed by atoms with E-state index in [-0.39, 0.29) is 24.7 Å². The van der Waals surface area contributed by atoms with Crippen molar-refractivity contribution >= 4 is 28.5 Å². The number of rotatable bonds is 6. The highest BCUT2D eigenvalue weighted by molar-refractivity contribution is 6.11. The lowest BCUT2D eigenvalue weighted by Crippen LogP contribution is -2.58. The highest BCUT2D eigenvalue weighted by Gasteiger charge is 2.45. The third-order valence-corrected chi connectivity index (χ3v) is 6.00. The Morgan fingerprint density at radius 1 is 1.28 bits per heavy atom. The van der Waals surface area contributed by atoms with Crippen molar-refractivity contribution in [2.75, 3.05) is 13.6 Å². The van der Waals surface area contributed by atoms with Gasteiger partial charge in [-0.2, -0.15) is 0 Å². The number of aromatic amines is 1. The second-order valence-electron chi connectivity index (χ2n) is 9.47. The Hall–Kier alpha value is -2.78. The zero-order valence-corrected chi connectivity index (χ0v) is 19.0. The molecule has 1 aliphatic rings. The highest BCUT2D eigenvalue weighted by Crippen LogP contribution is 2.29. The van der Waals surface area contributed by atoms with Gasteiger partial charge < -0.3 is 25.6 Å². The number of carbonyl (C=O) groups is 3. The number of β-amino-alcohol motifs (C(OH)–C–C–N with tert-alkyl or cyclic N) is 1. The standard InChI is InChI=1S/C23H31FN4O4/c1-12(25-5)21(31)27-20(23(2,3)4)22(32)28-11-14(29)9-18(28)19(30)16-10-26-17-8-13(24)6-7-15(16)17/h6-8,10,12,14,18,20,25-26,29H,9,11H2,1-5H3,(H,27,31)/t12-,14-,18-,20+/m0/s1. The van der Waals surface area contributed by atoms with E-state index in [4.69, 9.17) is 0 Å². The van der Waals surface area contributed by atoms with E-state index in [1.807, 2.05) is 20.8 Å². The Morgan fingerprint density at radius 2 is 1.97 bits per heavy atom. The maximum atomic E-state index is 13.5. The minimum absolute atomic E-state index is 0.00371. The monoisotopic (exact) mass is 446 g/mol. The van der Waals surface area contributed by atoms with E-state index in [1.54, 1.807) is 14.0 Å². The molecular weight excluding hydrogens is 415 g/mol. The number of amides is 2. The van der Waals surface area contributed by atoms with Gasteiger partial charge in [0.15, 0.2) is 5.78 Å². The number of likely N-dealkylation sites (tertiary alicyclic amines) is 1. The van der Waals surface area contributed by atoms with Crippen LogP contribution in [0, 0.1) is 11.2 Å². The van der Waals surface area contributed by atoms with Crippen molar-refractivity contribution in [3.63, 3.8) is 0 Å². The van der Waals surface area contributed by atoms with E-state index in [1.165, 1.54) is 29.3 Å². The molecule has 2 amide bonds. The molecule has 2 aromatic rings. The molecular formula is C23H31FN4O4. The van der Waals surface area contributed by atoms with Crippen LogP contribution in [0.5, 0.6) is 0 Å². The molecule has 0 radical (unpaired) electrons. The first-order valence-electron chi connectivity index (χ1n) is 10.7. The molecule has 1 saturated heterocycles. The van der Waals surface area contributed by atoms with Gasteiger partial charge >= 0.3 is 0 Å². The fourth-order valence-electron chi connectivity index (χ4n) is 4.00.